The van der Waals surface area contributed by atoms with E-state index >= 15 is 0 Å². The molecule has 0 spiro atoms. The van der Waals surface area contributed by atoms with Crippen molar-refractivity contribution in [3.05, 3.63) is 24.3 Å². The summed E-state index contributed by atoms with van der Waals surface area (Å²) in [4.78, 5) is 8.57. The van der Waals surface area contributed by atoms with E-state index in [2.05, 4.69) is 34.0 Å². The Hall–Kier alpha value is -0.260. The molecule has 1 aliphatic heterocycles. The molecule has 3 unspecified atom stereocenters. The van der Waals surface area contributed by atoms with Gasteiger partial charge in [0.05, 0.1) is 17.9 Å². The van der Waals surface area contributed by atoms with Crippen LogP contribution in [0.1, 0.15) is 18.7 Å². The van der Waals surface area contributed by atoms with Crippen molar-refractivity contribution in [2.75, 3.05) is 18.6 Å². The van der Waals surface area contributed by atoms with Gasteiger partial charge in [0.15, 0.2) is 0 Å². The second-order valence-electron chi connectivity index (χ2n) is 3.81. The number of hydrogen-bond donors (Lipinski definition) is 1. The molecule has 3 nitrogen and oxygen atoms in total. The molecule has 0 radical (unpaired) electrons. The molecule has 16 heavy (non-hydrogen) atoms. The van der Waals surface area contributed by atoms with Crippen LogP contribution in [0.5, 0.6) is 0 Å². The van der Waals surface area contributed by atoms with Gasteiger partial charge in [-0.25, -0.2) is 0 Å². The monoisotopic (exact) mass is 255 g/mol. The second-order valence-corrected chi connectivity index (χ2v) is 6.58. The highest BCUT2D eigenvalue weighted by atomic mass is 32.2. The van der Waals surface area contributed by atoms with Gasteiger partial charge in [0.25, 0.3) is 0 Å². The van der Waals surface area contributed by atoms with E-state index in [1.807, 2.05) is 25.0 Å². The molecule has 5 heteroatoms. The number of rotatable bonds is 3. The molecule has 0 saturated carbocycles. The predicted octanol–water partition coefficient (Wildman–Crippen LogP) is 1.97. The maximum atomic E-state index is 4.41. The first kappa shape index (κ1) is 12.2. The minimum Gasteiger partial charge on any atom is -0.311 e. The van der Waals surface area contributed by atoms with E-state index < -0.39 is 0 Å². The fraction of sp³-hybridized carbons (Fsp3) is 0.636. The van der Waals surface area contributed by atoms with Gasteiger partial charge in [-0.2, -0.15) is 23.5 Å². The Bertz CT molecular complexity index is 320. The van der Waals surface area contributed by atoms with Gasteiger partial charge in [0, 0.05) is 34.4 Å². The van der Waals surface area contributed by atoms with Gasteiger partial charge in [-0.1, -0.05) is 6.92 Å². The van der Waals surface area contributed by atoms with Crippen LogP contribution < -0.4 is 5.32 Å². The lowest BCUT2D eigenvalue weighted by Gasteiger charge is -2.33. The Kier molecular flexibility index (Phi) is 4.49. The molecule has 1 N–H and O–H groups in total. The number of nitrogens with zero attached hydrogens (tertiary/aromatic N) is 2. The SMILES string of the molecule is CNC(c1cnccn1)C1SCCSC1C. The molecular formula is C11H17N3S2. The summed E-state index contributed by atoms with van der Waals surface area (Å²) in [7, 11) is 2.01. The first-order valence-corrected chi connectivity index (χ1v) is 7.59. The molecular weight excluding hydrogens is 238 g/mol. The highest BCUT2D eigenvalue weighted by Crippen LogP contribution is 2.37. The van der Waals surface area contributed by atoms with Crippen molar-refractivity contribution in [3.8, 4) is 0 Å². The van der Waals surface area contributed by atoms with Crippen LogP contribution in [0.15, 0.2) is 18.6 Å². The third kappa shape index (κ3) is 2.70. The Labute approximate surface area is 105 Å². The van der Waals surface area contributed by atoms with Crippen LogP contribution >= 0.6 is 23.5 Å². The molecule has 0 aromatic carbocycles. The molecule has 1 saturated heterocycles. The van der Waals surface area contributed by atoms with Crippen LogP contribution in [-0.4, -0.2) is 39.0 Å². The fourth-order valence-corrected chi connectivity index (χ4v) is 4.94. The third-order valence-corrected chi connectivity index (χ3v) is 5.97. The zero-order valence-corrected chi connectivity index (χ0v) is 11.2. The molecule has 2 rings (SSSR count). The van der Waals surface area contributed by atoms with Gasteiger partial charge in [0.2, 0.25) is 0 Å². The molecule has 3 atom stereocenters. The largest absolute Gasteiger partial charge is 0.311 e. The Morgan fingerprint density at radius 3 is 2.81 bits per heavy atom. The molecule has 1 aromatic rings. The summed E-state index contributed by atoms with van der Waals surface area (Å²) in [6.45, 7) is 2.31. The van der Waals surface area contributed by atoms with E-state index in [0.29, 0.717) is 16.5 Å². The zero-order valence-electron chi connectivity index (χ0n) is 9.59. The molecule has 1 fully saturated rings. The van der Waals surface area contributed by atoms with E-state index in [1.165, 1.54) is 11.5 Å². The van der Waals surface area contributed by atoms with Crippen molar-refractivity contribution in [3.63, 3.8) is 0 Å². The minimum absolute atomic E-state index is 0.307. The van der Waals surface area contributed by atoms with E-state index in [9.17, 15) is 0 Å². The summed E-state index contributed by atoms with van der Waals surface area (Å²) in [6.07, 6.45) is 5.36. The second kappa shape index (κ2) is 5.89. The zero-order chi connectivity index (χ0) is 11.4. The highest BCUT2D eigenvalue weighted by molar-refractivity contribution is 8.07. The first-order valence-electron chi connectivity index (χ1n) is 5.49. The van der Waals surface area contributed by atoms with Crippen LogP contribution in [0.2, 0.25) is 0 Å². The van der Waals surface area contributed by atoms with Crippen LogP contribution in [0.25, 0.3) is 0 Å². The Morgan fingerprint density at radius 1 is 1.38 bits per heavy atom. The van der Waals surface area contributed by atoms with Gasteiger partial charge in [-0.05, 0) is 7.05 Å². The first-order chi connectivity index (χ1) is 7.83. The van der Waals surface area contributed by atoms with Gasteiger partial charge >= 0.3 is 0 Å². The average molecular weight is 255 g/mol. The number of nitrogens with one attached hydrogen (secondary N) is 1. The van der Waals surface area contributed by atoms with Crippen LogP contribution in [-0.2, 0) is 0 Å². The third-order valence-electron chi connectivity index (χ3n) is 2.78. The van der Waals surface area contributed by atoms with Crippen molar-refractivity contribution < 1.29 is 0 Å². The van der Waals surface area contributed by atoms with Crippen molar-refractivity contribution in [1.82, 2.24) is 15.3 Å². The summed E-state index contributed by atoms with van der Waals surface area (Å²) in [5.74, 6) is 2.50. The molecule has 2 heterocycles. The number of aromatic nitrogens is 2. The number of hydrogen-bond acceptors (Lipinski definition) is 5. The van der Waals surface area contributed by atoms with Gasteiger partial charge in [0.1, 0.15) is 0 Å². The summed E-state index contributed by atoms with van der Waals surface area (Å²) in [5.41, 5.74) is 1.05. The minimum atomic E-state index is 0.307. The average Bonchev–Trinajstić information content (AvgIpc) is 2.34. The van der Waals surface area contributed by atoms with E-state index in [-0.39, 0.29) is 0 Å². The van der Waals surface area contributed by atoms with E-state index in [4.69, 9.17) is 0 Å². The van der Waals surface area contributed by atoms with Gasteiger partial charge in [-0.15, -0.1) is 0 Å². The number of thioether (sulfide) groups is 2. The molecule has 1 aliphatic rings. The molecule has 88 valence electrons. The lowest BCUT2D eigenvalue weighted by Crippen LogP contribution is -2.36. The van der Waals surface area contributed by atoms with Crippen molar-refractivity contribution in [2.45, 2.75) is 23.5 Å². The van der Waals surface area contributed by atoms with E-state index in [1.54, 1.807) is 12.4 Å². The molecule has 0 aliphatic carbocycles. The van der Waals surface area contributed by atoms with Crippen molar-refractivity contribution in [2.24, 2.45) is 0 Å². The van der Waals surface area contributed by atoms with Gasteiger partial charge in [-0.3, -0.25) is 9.97 Å². The predicted molar refractivity (Wildman–Crippen MR) is 72.0 cm³/mol. The van der Waals surface area contributed by atoms with Crippen LogP contribution in [0.4, 0.5) is 0 Å². The standard InChI is InChI=1S/C11H17N3S2/c1-8-11(16-6-5-15-8)10(12-2)9-7-13-3-4-14-9/h3-4,7-8,10-12H,5-6H2,1-2H3. The Balaban J connectivity index is 2.15. The summed E-state index contributed by atoms with van der Waals surface area (Å²) >= 11 is 4.10. The quantitative estimate of drug-likeness (QED) is 0.894. The Morgan fingerprint density at radius 2 is 2.19 bits per heavy atom. The molecule has 1 aromatic heterocycles. The normalized spacial score (nSPS) is 27.6. The van der Waals surface area contributed by atoms with E-state index in [0.717, 1.165) is 5.69 Å². The van der Waals surface area contributed by atoms with Crippen molar-refractivity contribution in [1.29, 1.82) is 0 Å². The smallest absolute Gasteiger partial charge is 0.0767 e. The molecule has 0 bridgehead atoms. The fourth-order valence-electron chi connectivity index (χ4n) is 1.97. The summed E-state index contributed by atoms with van der Waals surface area (Å²) in [5, 5.41) is 4.63. The molecule has 0 amide bonds. The van der Waals surface area contributed by atoms with Crippen LogP contribution in [0.3, 0.4) is 0 Å². The lowest BCUT2D eigenvalue weighted by molar-refractivity contribution is 0.545. The maximum absolute atomic E-state index is 4.41. The van der Waals surface area contributed by atoms with Crippen LogP contribution in [0, 0.1) is 0 Å². The highest BCUT2D eigenvalue weighted by Gasteiger charge is 2.31. The topological polar surface area (TPSA) is 37.8 Å². The van der Waals surface area contributed by atoms with Gasteiger partial charge < -0.3 is 5.32 Å². The van der Waals surface area contributed by atoms with Crippen molar-refractivity contribution >= 4 is 23.5 Å². The summed E-state index contributed by atoms with van der Waals surface area (Å²) < 4.78 is 0. The summed E-state index contributed by atoms with van der Waals surface area (Å²) in [6, 6.07) is 0.307. The maximum Gasteiger partial charge on any atom is 0.0767 e. The lowest BCUT2D eigenvalue weighted by atomic mass is 10.1.